The third-order valence-corrected chi connectivity index (χ3v) is 4.12. The summed E-state index contributed by atoms with van der Waals surface area (Å²) < 4.78 is 65.6. The van der Waals surface area contributed by atoms with Crippen LogP contribution in [0, 0.1) is 11.6 Å². The highest BCUT2D eigenvalue weighted by Gasteiger charge is 2.54. The number of halogens is 5. The predicted octanol–water partition coefficient (Wildman–Crippen LogP) is 3.42. The number of aliphatic hydroxyl groups is 1. The average molecular weight is 309 g/mol. The molecule has 1 aliphatic rings. The maximum Gasteiger partial charge on any atom is 0.417 e. The number of likely N-dealkylation sites (tertiary alicyclic amines) is 1. The zero-order valence-electron chi connectivity index (χ0n) is 11.4. The first-order valence-corrected chi connectivity index (χ1v) is 6.63. The minimum atomic E-state index is -4.69. The van der Waals surface area contributed by atoms with Crippen molar-refractivity contribution in [3.8, 4) is 0 Å². The van der Waals surface area contributed by atoms with E-state index >= 15 is 0 Å². The lowest BCUT2D eigenvalue weighted by atomic mass is 9.89. The van der Waals surface area contributed by atoms with Crippen molar-refractivity contribution < 1.29 is 27.1 Å². The molecule has 2 nitrogen and oxygen atoms in total. The van der Waals surface area contributed by atoms with Crippen LogP contribution < -0.4 is 0 Å². The van der Waals surface area contributed by atoms with Gasteiger partial charge in [0, 0.05) is 24.7 Å². The lowest BCUT2D eigenvalue weighted by molar-refractivity contribution is -0.273. The second-order valence-corrected chi connectivity index (χ2v) is 5.38. The van der Waals surface area contributed by atoms with E-state index in [1.807, 2.05) is 0 Å². The van der Waals surface area contributed by atoms with E-state index in [0.29, 0.717) is 0 Å². The average Bonchev–Trinajstić information content (AvgIpc) is 2.38. The molecular formula is C14H16F5NO. The molecule has 1 aromatic carbocycles. The van der Waals surface area contributed by atoms with Crippen LogP contribution in [-0.4, -0.2) is 34.9 Å². The highest BCUT2D eigenvalue weighted by Crippen LogP contribution is 2.40. The second kappa shape index (κ2) is 5.53. The fraction of sp³-hybridized carbons (Fsp3) is 0.571. The zero-order chi connectivity index (χ0) is 15.8. The van der Waals surface area contributed by atoms with Gasteiger partial charge in [-0.25, -0.2) is 8.78 Å². The van der Waals surface area contributed by atoms with Crippen LogP contribution >= 0.6 is 0 Å². The third kappa shape index (κ3) is 3.03. The normalized spacial score (nSPS) is 21.3. The van der Waals surface area contributed by atoms with Crippen molar-refractivity contribution in [1.82, 2.24) is 4.90 Å². The molecule has 1 unspecified atom stereocenters. The van der Waals surface area contributed by atoms with Gasteiger partial charge in [0.05, 0.1) is 0 Å². The number of rotatable bonds is 2. The Kier molecular flexibility index (Phi) is 4.26. The van der Waals surface area contributed by atoms with Crippen molar-refractivity contribution in [3.63, 3.8) is 0 Å². The Morgan fingerprint density at radius 1 is 1.14 bits per heavy atom. The highest BCUT2D eigenvalue weighted by molar-refractivity contribution is 5.23. The molecule has 7 heteroatoms. The largest absolute Gasteiger partial charge is 0.417 e. The van der Waals surface area contributed by atoms with Crippen molar-refractivity contribution in [2.75, 3.05) is 13.1 Å². The lowest BCUT2D eigenvalue weighted by Crippen LogP contribution is -2.53. The van der Waals surface area contributed by atoms with E-state index in [2.05, 4.69) is 0 Å². The van der Waals surface area contributed by atoms with Crippen molar-refractivity contribution in [3.05, 3.63) is 35.4 Å². The Balaban J connectivity index is 2.12. The fourth-order valence-corrected chi connectivity index (χ4v) is 2.66. The van der Waals surface area contributed by atoms with Crippen molar-refractivity contribution in [2.45, 2.75) is 37.6 Å². The van der Waals surface area contributed by atoms with Crippen LogP contribution in [0.15, 0.2) is 18.2 Å². The van der Waals surface area contributed by atoms with E-state index < -0.39 is 42.3 Å². The number of benzene rings is 1. The Hall–Kier alpha value is -1.21. The van der Waals surface area contributed by atoms with Gasteiger partial charge in [0.1, 0.15) is 11.6 Å². The van der Waals surface area contributed by atoms with Gasteiger partial charge >= 0.3 is 6.18 Å². The van der Waals surface area contributed by atoms with E-state index in [-0.39, 0.29) is 18.7 Å². The summed E-state index contributed by atoms with van der Waals surface area (Å²) in [6, 6.07) is 2.78. The first-order chi connectivity index (χ1) is 9.66. The molecule has 1 saturated heterocycles. The van der Waals surface area contributed by atoms with Gasteiger partial charge in [-0.2, -0.15) is 13.2 Å². The monoisotopic (exact) mass is 309 g/mol. The summed E-state index contributed by atoms with van der Waals surface area (Å²) >= 11 is 0. The molecule has 0 aromatic heterocycles. The van der Waals surface area contributed by atoms with Gasteiger partial charge in [-0.3, -0.25) is 4.90 Å². The summed E-state index contributed by atoms with van der Waals surface area (Å²) in [7, 11) is 0. The van der Waals surface area contributed by atoms with Crippen molar-refractivity contribution in [2.24, 2.45) is 0 Å². The Morgan fingerprint density at radius 3 is 2.05 bits per heavy atom. The summed E-state index contributed by atoms with van der Waals surface area (Å²) in [4.78, 5) is 1.54. The molecule has 21 heavy (non-hydrogen) atoms. The topological polar surface area (TPSA) is 23.5 Å². The zero-order valence-corrected chi connectivity index (χ0v) is 11.4. The Bertz CT molecular complexity index is 488. The minimum Gasteiger partial charge on any atom is -0.380 e. The summed E-state index contributed by atoms with van der Waals surface area (Å²) in [6.07, 6.45) is -5.70. The molecule has 0 radical (unpaired) electrons. The van der Waals surface area contributed by atoms with E-state index in [9.17, 15) is 27.1 Å². The molecule has 0 amide bonds. The maximum atomic E-state index is 13.7. The molecule has 0 bridgehead atoms. The van der Waals surface area contributed by atoms with Gasteiger partial charge in [-0.15, -0.1) is 0 Å². The molecular weight excluding hydrogens is 293 g/mol. The maximum absolute atomic E-state index is 13.7. The number of alkyl halides is 3. The second-order valence-electron chi connectivity index (χ2n) is 5.38. The van der Waals surface area contributed by atoms with Crippen molar-refractivity contribution in [1.29, 1.82) is 0 Å². The van der Waals surface area contributed by atoms with Crippen LogP contribution in [0.3, 0.4) is 0 Å². The fourth-order valence-electron chi connectivity index (χ4n) is 2.66. The molecule has 0 aliphatic carbocycles. The van der Waals surface area contributed by atoms with Gasteiger partial charge in [-0.05, 0) is 31.9 Å². The summed E-state index contributed by atoms with van der Waals surface area (Å²) in [5.74, 6) is -1.45. The molecule has 1 atom stereocenters. The number of hydrogen-bond donors (Lipinski definition) is 1. The third-order valence-electron chi connectivity index (χ3n) is 4.12. The van der Waals surface area contributed by atoms with E-state index in [4.69, 9.17) is 0 Å². The van der Waals surface area contributed by atoms with Crippen LogP contribution in [-0.2, 0) is 0 Å². The molecule has 0 spiro atoms. The molecule has 1 aromatic rings. The Morgan fingerprint density at radius 2 is 1.62 bits per heavy atom. The van der Waals surface area contributed by atoms with Crippen LogP contribution in [0.1, 0.15) is 31.4 Å². The van der Waals surface area contributed by atoms with Crippen molar-refractivity contribution >= 4 is 0 Å². The van der Waals surface area contributed by atoms with E-state index in [1.54, 1.807) is 11.8 Å². The number of nitrogens with zero attached hydrogens (tertiary/aromatic N) is 1. The molecule has 0 saturated carbocycles. The smallest absolute Gasteiger partial charge is 0.380 e. The van der Waals surface area contributed by atoms with E-state index in [1.165, 1.54) is 6.07 Å². The first-order valence-electron chi connectivity index (χ1n) is 6.63. The molecule has 1 heterocycles. The van der Waals surface area contributed by atoms with Gasteiger partial charge < -0.3 is 5.11 Å². The molecule has 2 rings (SSSR count). The SMILES string of the molecule is CC(c1c(F)cccc1F)N1CCC(O)(C(F)(F)F)CC1. The summed E-state index contributed by atoms with van der Waals surface area (Å²) in [5.41, 5.74) is -2.87. The summed E-state index contributed by atoms with van der Waals surface area (Å²) in [5, 5.41) is 9.59. The molecule has 1 N–H and O–H groups in total. The van der Waals surface area contributed by atoms with Gasteiger partial charge in [-0.1, -0.05) is 6.07 Å². The van der Waals surface area contributed by atoms with Gasteiger partial charge in [0.25, 0.3) is 0 Å². The molecule has 118 valence electrons. The van der Waals surface area contributed by atoms with Crippen LogP contribution in [0.5, 0.6) is 0 Å². The Labute approximate surface area is 119 Å². The predicted molar refractivity (Wildman–Crippen MR) is 66.6 cm³/mol. The first kappa shape index (κ1) is 16.2. The number of hydrogen-bond acceptors (Lipinski definition) is 2. The van der Waals surface area contributed by atoms with Gasteiger partial charge in [0.15, 0.2) is 5.60 Å². The molecule has 1 aliphatic heterocycles. The quantitative estimate of drug-likeness (QED) is 0.846. The van der Waals surface area contributed by atoms with Crippen LogP contribution in [0.4, 0.5) is 22.0 Å². The van der Waals surface area contributed by atoms with Gasteiger partial charge in [0.2, 0.25) is 0 Å². The lowest BCUT2D eigenvalue weighted by Gasteiger charge is -2.41. The van der Waals surface area contributed by atoms with Crippen LogP contribution in [0.25, 0.3) is 0 Å². The molecule has 1 fully saturated rings. The van der Waals surface area contributed by atoms with Crippen LogP contribution in [0.2, 0.25) is 0 Å². The highest BCUT2D eigenvalue weighted by atomic mass is 19.4. The summed E-state index contributed by atoms with van der Waals surface area (Å²) in [6.45, 7) is 1.38. The minimum absolute atomic E-state index is 0.0784. The number of piperidine rings is 1. The van der Waals surface area contributed by atoms with E-state index in [0.717, 1.165) is 12.1 Å². The standard InChI is InChI=1S/C14H16F5NO/c1-9(12-10(15)3-2-4-11(12)16)20-7-5-13(21,6-8-20)14(17,18)19/h2-4,9,21H,5-8H2,1H3.